The lowest BCUT2D eigenvalue weighted by atomic mass is 10.1. The third-order valence-corrected chi connectivity index (χ3v) is 2.86. The standard InChI is InChI=1S/C11H14BrN3/c1-3-4-15(2)11-6-9(12)8(7-13)5-10(11)14/h5-6H,3-4,14H2,1-2H3. The molecule has 0 aliphatic heterocycles. The van der Waals surface area contributed by atoms with Gasteiger partial charge in [0.05, 0.1) is 16.9 Å². The number of nitrogen functional groups attached to an aromatic ring is 1. The zero-order valence-corrected chi connectivity index (χ0v) is 10.5. The molecule has 0 fully saturated rings. The second-order valence-electron chi connectivity index (χ2n) is 3.42. The van der Waals surface area contributed by atoms with Crippen molar-refractivity contribution in [2.45, 2.75) is 13.3 Å². The summed E-state index contributed by atoms with van der Waals surface area (Å²) in [6.07, 6.45) is 1.06. The molecule has 0 aromatic heterocycles. The number of anilines is 2. The molecule has 2 N–H and O–H groups in total. The molecule has 80 valence electrons. The van der Waals surface area contributed by atoms with Crippen LogP contribution in [0.25, 0.3) is 0 Å². The summed E-state index contributed by atoms with van der Waals surface area (Å²) in [6, 6.07) is 5.68. The van der Waals surface area contributed by atoms with Gasteiger partial charge < -0.3 is 10.6 Å². The third-order valence-electron chi connectivity index (χ3n) is 2.21. The van der Waals surface area contributed by atoms with Crippen molar-refractivity contribution in [3.8, 4) is 6.07 Å². The van der Waals surface area contributed by atoms with Crippen molar-refractivity contribution in [3.05, 3.63) is 22.2 Å². The van der Waals surface area contributed by atoms with E-state index in [1.807, 2.05) is 13.1 Å². The summed E-state index contributed by atoms with van der Waals surface area (Å²) >= 11 is 3.36. The largest absolute Gasteiger partial charge is 0.397 e. The Morgan fingerprint density at radius 1 is 1.53 bits per heavy atom. The predicted octanol–water partition coefficient (Wildman–Crippen LogP) is 2.75. The van der Waals surface area contributed by atoms with Gasteiger partial charge in [-0.15, -0.1) is 0 Å². The molecule has 0 saturated heterocycles. The van der Waals surface area contributed by atoms with Gasteiger partial charge in [-0.1, -0.05) is 6.92 Å². The quantitative estimate of drug-likeness (QED) is 0.857. The Balaban J connectivity index is 3.11. The van der Waals surface area contributed by atoms with Crippen LogP contribution in [-0.4, -0.2) is 13.6 Å². The Hall–Kier alpha value is -1.21. The van der Waals surface area contributed by atoms with Crippen LogP contribution in [0.2, 0.25) is 0 Å². The molecule has 1 rings (SSSR count). The zero-order chi connectivity index (χ0) is 11.4. The van der Waals surface area contributed by atoms with Gasteiger partial charge in [0.15, 0.2) is 0 Å². The van der Waals surface area contributed by atoms with Crippen LogP contribution in [0, 0.1) is 11.3 Å². The summed E-state index contributed by atoms with van der Waals surface area (Å²) in [5.74, 6) is 0. The smallest absolute Gasteiger partial charge is 0.100 e. The highest BCUT2D eigenvalue weighted by Gasteiger charge is 2.08. The molecule has 1 aromatic carbocycles. The van der Waals surface area contributed by atoms with Crippen LogP contribution >= 0.6 is 15.9 Å². The first-order valence-electron chi connectivity index (χ1n) is 4.80. The molecule has 4 heteroatoms. The van der Waals surface area contributed by atoms with Gasteiger partial charge in [0, 0.05) is 18.1 Å². The van der Waals surface area contributed by atoms with E-state index in [2.05, 4.69) is 33.8 Å². The molecular weight excluding hydrogens is 254 g/mol. The van der Waals surface area contributed by atoms with Gasteiger partial charge in [-0.25, -0.2) is 0 Å². The lowest BCUT2D eigenvalue weighted by Gasteiger charge is -2.20. The van der Waals surface area contributed by atoms with Crippen molar-refractivity contribution >= 4 is 27.3 Å². The van der Waals surface area contributed by atoms with E-state index < -0.39 is 0 Å². The maximum absolute atomic E-state index is 8.83. The molecule has 0 radical (unpaired) electrons. The van der Waals surface area contributed by atoms with Crippen LogP contribution in [0.4, 0.5) is 11.4 Å². The van der Waals surface area contributed by atoms with Crippen molar-refractivity contribution in [1.29, 1.82) is 5.26 Å². The minimum Gasteiger partial charge on any atom is -0.397 e. The van der Waals surface area contributed by atoms with E-state index >= 15 is 0 Å². The van der Waals surface area contributed by atoms with Crippen LogP contribution in [0.1, 0.15) is 18.9 Å². The van der Waals surface area contributed by atoms with E-state index in [1.54, 1.807) is 6.07 Å². The number of hydrogen-bond donors (Lipinski definition) is 1. The monoisotopic (exact) mass is 267 g/mol. The SMILES string of the molecule is CCCN(C)c1cc(Br)c(C#N)cc1N. The van der Waals surface area contributed by atoms with Crippen LogP contribution in [0.3, 0.4) is 0 Å². The van der Waals surface area contributed by atoms with E-state index in [0.29, 0.717) is 11.3 Å². The van der Waals surface area contributed by atoms with Crippen LogP contribution < -0.4 is 10.6 Å². The second-order valence-corrected chi connectivity index (χ2v) is 4.28. The fourth-order valence-electron chi connectivity index (χ4n) is 1.45. The van der Waals surface area contributed by atoms with Gasteiger partial charge in [-0.2, -0.15) is 5.26 Å². The highest BCUT2D eigenvalue weighted by molar-refractivity contribution is 9.10. The highest BCUT2D eigenvalue weighted by atomic mass is 79.9. The zero-order valence-electron chi connectivity index (χ0n) is 8.92. The molecule has 0 atom stereocenters. The summed E-state index contributed by atoms with van der Waals surface area (Å²) in [6.45, 7) is 3.06. The fourth-order valence-corrected chi connectivity index (χ4v) is 1.87. The molecule has 0 bridgehead atoms. The summed E-state index contributed by atoms with van der Waals surface area (Å²) < 4.78 is 0.789. The summed E-state index contributed by atoms with van der Waals surface area (Å²) in [5, 5.41) is 8.83. The van der Waals surface area contributed by atoms with Gasteiger partial charge in [-0.3, -0.25) is 0 Å². The summed E-state index contributed by atoms with van der Waals surface area (Å²) in [4.78, 5) is 2.08. The maximum atomic E-state index is 8.83. The van der Waals surface area contributed by atoms with Gasteiger partial charge >= 0.3 is 0 Å². The average molecular weight is 268 g/mol. The van der Waals surface area contributed by atoms with Crippen LogP contribution in [-0.2, 0) is 0 Å². The van der Waals surface area contributed by atoms with E-state index in [9.17, 15) is 0 Å². The maximum Gasteiger partial charge on any atom is 0.100 e. The Labute approximate surface area is 98.6 Å². The van der Waals surface area contributed by atoms with Crippen molar-refractivity contribution in [2.75, 3.05) is 24.2 Å². The number of halogens is 1. The summed E-state index contributed by atoms with van der Waals surface area (Å²) in [7, 11) is 1.99. The number of nitriles is 1. The Morgan fingerprint density at radius 2 is 2.20 bits per heavy atom. The number of nitrogens with two attached hydrogens (primary N) is 1. The van der Waals surface area contributed by atoms with Gasteiger partial charge in [0.25, 0.3) is 0 Å². The molecule has 15 heavy (non-hydrogen) atoms. The third kappa shape index (κ3) is 2.63. The first kappa shape index (κ1) is 11.9. The van der Waals surface area contributed by atoms with E-state index in [-0.39, 0.29) is 0 Å². The van der Waals surface area contributed by atoms with Crippen molar-refractivity contribution < 1.29 is 0 Å². The Morgan fingerprint density at radius 3 is 2.73 bits per heavy atom. The lowest BCUT2D eigenvalue weighted by Crippen LogP contribution is -2.19. The van der Waals surface area contributed by atoms with Crippen LogP contribution in [0.5, 0.6) is 0 Å². The number of rotatable bonds is 3. The molecule has 0 amide bonds. The highest BCUT2D eigenvalue weighted by Crippen LogP contribution is 2.29. The molecule has 0 heterocycles. The minimum absolute atomic E-state index is 0.571. The minimum atomic E-state index is 0.571. The van der Waals surface area contributed by atoms with E-state index in [0.717, 1.165) is 23.1 Å². The topological polar surface area (TPSA) is 53.0 Å². The molecule has 0 aliphatic carbocycles. The van der Waals surface area contributed by atoms with Gasteiger partial charge in [0.2, 0.25) is 0 Å². The first-order chi connectivity index (χ1) is 7.10. The van der Waals surface area contributed by atoms with Gasteiger partial charge in [0.1, 0.15) is 6.07 Å². The van der Waals surface area contributed by atoms with Crippen LogP contribution in [0.15, 0.2) is 16.6 Å². The number of hydrogen-bond acceptors (Lipinski definition) is 3. The molecule has 1 aromatic rings. The predicted molar refractivity (Wildman–Crippen MR) is 66.8 cm³/mol. The Bertz CT molecular complexity index is 396. The molecule has 0 aliphatic rings. The van der Waals surface area contributed by atoms with Crippen molar-refractivity contribution in [1.82, 2.24) is 0 Å². The first-order valence-corrected chi connectivity index (χ1v) is 5.59. The van der Waals surface area contributed by atoms with Gasteiger partial charge in [-0.05, 0) is 34.5 Å². The Kier molecular flexibility index (Phi) is 3.98. The molecular formula is C11H14BrN3. The number of benzene rings is 1. The average Bonchev–Trinajstić information content (AvgIpc) is 2.21. The lowest BCUT2D eigenvalue weighted by molar-refractivity contribution is 0.853. The normalized spacial score (nSPS) is 9.73. The molecule has 0 spiro atoms. The van der Waals surface area contributed by atoms with Crippen molar-refractivity contribution in [2.24, 2.45) is 0 Å². The molecule has 0 unspecified atom stereocenters. The van der Waals surface area contributed by atoms with Crippen molar-refractivity contribution in [3.63, 3.8) is 0 Å². The van der Waals surface area contributed by atoms with E-state index in [1.165, 1.54) is 0 Å². The second kappa shape index (κ2) is 5.04. The number of nitrogens with zero attached hydrogens (tertiary/aromatic N) is 2. The summed E-state index contributed by atoms with van der Waals surface area (Å²) in [5.41, 5.74) is 8.06. The molecule has 3 nitrogen and oxygen atoms in total. The van der Waals surface area contributed by atoms with E-state index in [4.69, 9.17) is 11.0 Å². The molecule has 0 saturated carbocycles. The fraction of sp³-hybridized carbons (Fsp3) is 0.364.